The van der Waals surface area contributed by atoms with Crippen molar-refractivity contribution in [3.63, 3.8) is 0 Å². The number of pyridine rings is 2. The molecule has 0 spiro atoms. The van der Waals surface area contributed by atoms with E-state index >= 15 is 0 Å². The minimum absolute atomic E-state index is 0.0362. The van der Waals surface area contributed by atoms with Crippen LogP contribution in [0.25, 0.3) is 22.2 Å². The number of hydrogen-bond donors (Lipinski definition) is 0. The first-order valence-electron chi connectivity index (χ1n) is 7.81. The Morgan fingerprint density at radius 1 is 1.26 bits per heavy atom. The van der Waals surface area contributed by atoms with Crippen LogP contribution in [0.5, 0.6) is 0 Å². The second kappa shape index (κ2) is 5.91. The monoisotopic (exact) mass is 328 g/mol. The maximum atomic E-state index is 6.11. The summed E-state index contributed by atoms with van der Waals surface area (Å²) in [5.74, 6) is 0. The van der Waals surface area contributed by atoms with E-state index in [1.54, 1.807) is 12.4 Å². The molecule has 0 radical (unpaired) electrons. The molecule has 118 valence electrons. The number of fused-ring (bicyclic) bond motifs is 1. The zero-order valence-electron chi connectivity index (χ0n) is 12.9. The van der Waals surface area contributed by atoms with Crippen LogP contribution >= 0.6 is 11.6 Å². The van der Waals surface area contributed by atoms with Crippen molar-refractivity contribution >= 4 is 22.5 Å². The van der Waals surface area contributed by atoms with E-state index in [1.165, 1.54) is 0 Å². The van der Waals surface area contributed by atoms with Gasteiger partial charge in [0.25, 0.3) is 0 Å². The molecule has 6 heteroatoms. The van der Waals surface area contributed by atoms with Crippen LogP contribution in [0, 0.1) is 6.92 Å². The Kier molecular flexibility index (Phi) is 3.75. The van der Waals surface area contributed by atoms with Crippen molar-refractivity contribution in [2.45, 2.75) is 32.4 Å². The predicted molar refractivity (Wildman–Crippen MR) is 89.3 cm³/mol. The normalized spacial score (nSPS) is 18.4. The molecule has 0 amide bonds. The second-order valence-electron chi connectivity index (χ2n) is 5.82. The molecule has 0 saturated carbocycles. The van der Waals surface area contributed by atoms with Gasteiger partial charge in [-0.2, -0.15) is 5.10 Å². The van der Waals surface area contributed by atoms with Gasteiger partial charge in [-0.15, -0.1) is 0 Å². The molecule has 1 atom stereocenters. The summed E-state index contributed by atoms with van der Waals surface area (Å²) in [5.41, 5.74) is 3.83. The highest BCUT2D eigenvalue weighted by atomic mass is 35.5. The highest BCUT2D eigenvalue weighted by Gasteiger charge is 2.22. The van der Waals surface area contributed by atoms with Gasteiger partial charge in [0, 0.05) is 29.4 Å². The van der Waals surface area contributed by atoms with Crippen molar-refractivity contribution in [2.24, 2.45) is 0 Å². The van der Waals surface area contributed by atoms with Gasteiger partial charge in [0.15, 0.2) is 6.23 Å². The van der Waals surface area contributed by atoms with Gasteiger partial charge < -0.3 is 4.74 Å². The SMILES string of the molecule is Cc1cc(-c2nn(C3CCCCO3)c3cnc(Cl)cc23)ccn1. The van der Waals surface area contributed by atoms with E-state index in [0.29, 0.717) is 5.15 Å². The van der Waals surface area contributed by atoms with Crippen molar-refractivity contribution in [3.8, 4) is 11.3 Å². The molecule has 5 nitrogen and oxygen atoms in total. The Hall–Kier alpha value is -1.98. The zero-order valence-corrected chi connectivity index (χ0v) is 13.6. The number of rotatable bonds is 2. The molecule has 0 aliphatic carbocycles. The Morgan fingerprint density at radius 3 is 2.96 bits per heavy atom. The summed E-state index contributed by atoms with van der Waals surface area (Å²) < 4.78 is 7.85. The molecule has 4 rings (SSSR count). The lowest BCUT2D eigenvalue weighted by Crippen LogP contribution is -2.19. The molecule has 1 fully saturated rings. The van der Waals surface area contributed by atoms with E-state index < -0.39 is 0 Å². The largest absolute Gasteiger partial charge is 0.356 e. The minimum atomic E-state index is -0.0362. The Labute approximate surface area is 139 Å². The van der Waals surface area contributed by atoms with Crippen LogP contribution in [0.2, 0.25) is 5.15 Å². The van der Waals surface area contributed by atoms with E-state index in [-0.39, 0.29) is 6.23 Å². The number of ether oxygens (including phenoxy) is 1. The molecule has 4 heterocycles. The van der Waals surface area contributed by atoms with Crippen LogP contribution in [0.1, 0.15) is 31.2 Å². The van der Waals surface area contributed by atoms with Gasteiger partial charge >= 0.3 is 0 Å². The third-order valence-corrected chi connectivity index (χ3v) is 4.36. The summed E-state index contributed by atoms with van der Waals surface area (Å²) in [6, 6.07) is 5.87. The number of aromatic nitrogens is 4. The van der Waals surface area contributed by atoms with Gasteiger partial charge in [-0.25, -0.2) is 9.67 Å². The number of aryl methyl sites for hydroxylation is 1. The quantitative estimate of drug-likeness (QED) is 0.663. The number of nitrogens with zero attached hydrogens (tertiary/aromatic N) is 4. The molecule has 1 aliphatic rings. The fraction of sp³-hybridized carbons (Fsp3) is 0.353. The maximum Gasteiger partial charge on any atom is 0.150 e. The van der Waals surface area contributed by atoms with E-state index in [2.05, 4.69) is 9.97 Å². The molecular formula is C17H17ClN4O. The van der Waals surface area contributed by atoms with Crippen LogP contribution in [0.15, 0.2) is 30.6 Å². The Morgan fingerprint density at radius 2 is 2.17 bits per heavy atom. The average Bonchev–Trinajstić information content (AvgIpc) is 2.94. The van der Waals surface area contributed by atoms with E-state index in [0.717, 1.165) is 53.7 Å². The van der Waals surface area contributed by atoms with Crippen molar-refractivity contribution in [1.82, 2.24) is 19.7 Å². The number of hydrogen-bond acceptors (Lipinski definition) is 4. The Bertz CT molecular complexity index is 855. The summed E-state index contributed by atoms with van der Waals surface area (Å²) in [7, 11) is 0. The van der Waals surface area contributed by atoms with Gasteiger partial charge in [0.05, 0.1) is 11.7 Å². The molecule has 0 N–H and O–H groups in total. The lowest BCUT2D eigenvalue weighted by atomic mass is 10.1. The van der Waals surface area contributed by atoms with Crippen molar-refractivity contribution < 1.29 is 4.74 Å². The van der Waals surface area contributed by atoms with Crippen molar-refractivity contribution in [2.75, 3.05) is 6.61 Å². The molecule has 0 aromatic carbocycles. The third kappa shape index (κ3) is 2.71. The van der Waals surface area contributed by atoms with Crippen LogP contribution in [-0.2, 0) is 4.74 Å². The molecule has 0 bridgehead atoms. The van der Waals surface area contributed by atoms with Crippen LogP contribution in [0.3, 0.4) is 0 Å². The predicted octanol–water partition coefficient (Wildman–Crippen LogP) is 4.15. The van der Waals surface area contributed by atoms with Gasteiger partial charge in [-0.05, 0) is 44.4 Å². The lowest BCUT2D eigenvalue weighted by Gasteiger charge is -2.23. The van der Waals surface area contributed by atoms with Crippen molar-refractivity contribution in [1.29, 1.82) is 0 Å². The summed E-state index contributed by atoms with van der Waals surface area (Å²) in [6.45, 7) is 2.75. The fourth-order valence-electron chi connectivity index (χ4n) is 3.05. The van der Waals surface area contributed by atoms with Gasteiger partial charge in [0.2, 0.25) is 0 Å². The molecule has 3 aromatic rings. The van der Waals surface area contributed by atoms with E-state index in [4.69, 9.17) is 21.4 Å². The smallest absolute Gasteiger partial charge is 0.150 e. The van der Waals surface area contributed by atoms with Gasteiger partial charge in [-0.1, -0.05) is 11.6 Å². The summed E-state index contributed by atoms with van der Waals surface area (Å²) in [5, 5.41) is 6.29. The Balaban J connectivity index is 1.91. The topological polar surface area (TPSA) is 52.8 Å². The molecule has 1 aliphatic heterocycles. The van der Waals surface area contributed by atoms with Gasteiger partial charge in [-0.3, -0.25) is 4.98 Å². The van der Waals surface area contributed by atoms with Crippen LogP contribution < -0.4 is 0 Å². The summed E-state index contributed by atoms with van der Waals surface area (Å²) in [6.07, 6.45) is 6.77. The summed E-state index contributed by atoms with van der Waals surface area (Å²) in [4.78, 5) is 8.49. The highest BCUT2D eigenvalue weighted by molar-refractivity contribution is 6.30. The first-order chi connectivity index (χ1) is 11.2. The van der Waals surface area contributed by atoms with E-state index in [1.807, 2.05) is 29.8 Å². The molecule has 23 heavy (non-hydrogen) atoms. The summed E-state index contributed by atoms with van der Waals surface area (Å²) >= 11 is 6.11. The maximum absolute atomic E-state index is 6.11. The molecule has 1 saturated heterocycles. The number of halogens is 1. The molecular weight excluding hydrogens is 312 g/mol. The fourth-order valence-corrected chi connectivity index (χ4v) is 3.21. The van der Waals surface area contributed by atoms with E-state index in [9.17, 15) is 0 Å². The first kappa shape index (κ1) is 14.6. The van der Waals surface area contributed by atoms with Crippen molar-refractivity contribution in [3.05, 3.63) is 41.4 Å². The second-order valence-corrected chi connectivity index (χ2v) is 6.21. The highest BCUT2D eigenvalue weighted by Crippen LogP contribution is 2.33. The van der Waals surface area contributed by atoms with Gasteiger partial charge in [0.1, 0.15) is 10.8 Å². The molecule has 3 aromatic heterocycles. The lowest BCUT2D eigenvalue weighted by molar-refractivity contribution is -0.0365. The first-order valence-corrected chi connectivity index (χ1v) is 8.18. The molecule has 1 unspecified atom stereocenters. The van der Waals surface area contributed by atoms with Crippen LogP contribution in [-0.4, -0.2) is 26.4 Å². The minimum Gasteiger partial charge on any atom is -0.356 e. The third-order valence-electron chi connectivity index (χ3n) is 4.16. The standard InChI is InChI=1S/C17H17ClN4O/c1-11-8-12(5-6-19-11)17-13-9-15(18)20-10-14(13)22(21-17)16-4-2-3-7-23-16/h5-6,8-10,16H,2-4,7H2,1H3. The average molecular weight is 329 g/mol. The zero-order chi connectivity index (χ0) is 15.8. The van der Waals surface area contributed by atoms with Crippen LogP contribution in [0.4, 0.5) is 0 Å².